The second-order valence-electron chi connectivity index (χ2n) is 7.04. The molecule has 0 aliphatic carbocycles. The topological polar surface area (TPSA) is 20.3 Å². The van der Waals surface area contributed by atoms with Gasteiger partial charge in [-0.1, -0.05) is 80.1 Å². The van der Waals surface area contributed by atoms with Crippen LogP contribution >= 0.6 is 0 Å². The normalized spacial score (nSPS) is 14.2. The number of nitrogens with zero attached hydrogens (tertiary/aromatic N) is 1. The van der Waals surface area contributed by atoms with Crippen LogP contribution in [-0.2, 0) is 6.42 Å². The first-order valence-electron chi connectivity index (χ1n) is 9.65. The van der Waals surface area contributed by atoms with Gasteiger partial charge in [0, 0.05) is 30.9 Å². The Hall–Kier alpha value is -2.87. The number of rotatable bonds is 7. The summed E-state index contributed by atoms with van der Waals surface area (Å²) in [6, 6.07) is 16.4. The van der Waals surface area contributed by atoms with Gasteiger partial charge in [0.15, 0.2) is 5.78 Å². The van der Waals surface area contributed by atoms with Gasteiger partial charge in [-0.3, -0.25) is 4.79 Å². The molecule has 1 aliphatic heterocycles. The molecular formula is C25H27NO. The van der Waals surface area contributed by atoms with Gasteiger partial charge in [-0.15, -0.1) is 0 Å². The summed E-state index contributed by atoms with van der Waals surface area (Å²) < 4.78 is 0. The first-order valence-corrected chi connectivity index (χ1v) is 9.65. The zero-order valence-electron chi connectivity index (χ0n) is 16.1. The fourth-order valence-corrected chi connectivity index (χ4v) is 3.11. The fourth-order valence-electron chi connectivity index (χ4n) is 3.11. The van der Waals surface area contributed by atoms with E-state index >= 15 is 0 Å². The minimum absolute atomic E-state index is 0.0438. The Morgan fingerprint density at radius 2 is 1.67 bits per heavy atom. The molecule has 0 unspecified atom stereocenters. The van der Waals surface area contributed by atoms with Crippen molar-refractivity contribution in [1.82, 2.24) is 4.90 Å². The molecule has 2 aromatic rings. The van der Waals surface area contributed by atoms with Crippen molar-refractivity contribution in [3.05, 3.63) is 101 Å². The van der Waals surface area contributed by atoms with Gasteiger partial charge in [0.25, 0.3) is 0 Å². The van der Waals surface area contributed by atoms with Gasteiger partial charge < -0.3 is 4.90 Å². The highest BCUT2D eigenvalue weighted by atomic mass is 16.1. The average molecular weight is 357 g/mol. The SMILES string of the molecule is CCCCc1ccc(C(=O)/C=C/c2ccc(C3C=CN(C)C=C3)cc2)cc1. The van der Waals surface area contributed by atoms with Crippen LogP contribution in [0.2, 0.25) is 0 Å². The molecule has 1 aliphatic rings. The minimum Gasteiger partial charge on any atom is -0.358 e. The van der Waals surface area contributed by atoms with Crippen molar-refractivity contribution in [3.8, 4) is 0 Å². The Morgan fingerprint density at radius 3 is 2.30 bits per heavy atom. The van der Waals surface area contributed by atoms with E-state index in [0.717, 1.165) is 17.5 Å². The Bertz CT molecular complexity index is 827. The van der Waals surface area contributed by atoms with Crippen molar-refractivity contribution in [2.24, 2.45) is 0 Å². The molecule has 2 nitrogen and oxygen atoms in total. The molecule has 0 saturated heterocycles. The van der Waals surface area contributed by atoms with Crippen LogP contribution in [0.4, 0.5) is 0 Å². The number of allylic oxidation sites excluding steroid dienone is 3. The van der Waals surface area contributed by atoms with Gasteiger partial charge in [0.1, 0.15) is 0 Å². The summed E-state index contributed by atoms with van der Waals surface area (Å²) in [6.07, 6.45) is 15.5. The van der Waals surface area contributed by atoms with Crippen molar-refractivity contribution in [1.29, 1.82) is 0 Å². The Kier molecular flexibility index (Phi) is 6.43. The summed E-state index contributed by atoms with van der Waals surface area (Å²) in [5.41, 5.74) is 4.32. The summed E-state index contributed by atoms with van der Waals surface area (Å²) in [5, 5.41) is 0. The molecule has 0 spiro atoms. The maximum atomic E-state index is 12.4. The number of benzene rings is 2. The molecule has 1 heterocycles. The molecular weight excluding hydrogens is 330 g/mol. The average Bonchev–Trinajstić information content (AvgIpc) is 2.72. The third-order valence-electron chi connectivity index (χ3n) is 4.86. The highest BCUT2D eigenvalue weighted by Gasteiger charge is 2.07. The zero-order chi connectivity index (χ0) is 19.1. The van der Waals surface area contributed by atoms with Crippen LogP contribution in [0.15, 0.2) is 79.2 Å². The fraction of sp³-hybridized carbons (Fsp3) is 0.240. The standard InChI is InChI=1S/C25H27NO/c1-3-4-5-20-8-13-24(14-9-20)25(27)15-10-21-6-11-22(12-7-21)23-16-18-26(2)19-17-23/h6-19,23H,3-5H2,1-2H3/b15-10+. The molecule has 27 heavy (non-hydrogen) atoms. The van der Waals surface area contributed by atoms with E-state index in [1.807, 2.05) is 30.2 Å². The van der Waals surface area contributed by atoms with Gasteiger partial charge in [0.05, 0.1) is 0 Å². The third kappa shape index (κ3) is 5.30. The third-order valence-corrected chi connectivity index (χ3v) is 4.86. The maximum Gasteiger partial charge on any atom is 0.185 e. The van der Waals surface area contributed by atoms with E-state index in [9.17, 15) is 4.79 Å². The molecule has 138 valence electrons. The maximum absolute atomic E-state index is 12.4. The van der Waals surface area contributed by atoms with E-state index in [1.54, 1.807) is 6.08 Å². The van der Waals surface area contributed by atoms with Gasteiger partial charge in [0.2, 0.25) is 0 Å². The lowest BCUT2D eigenvalue weighted by atomic mass is 9.96. The lowest BCUT2D eigenvalue weighted by Crippen LogP contribution is -2.06. The zero-order valence-corrected chi connectivity index (χ0v) is 16.1. The van der Waals surface area contributed by atoms with Gasteiger partial charge >= 0.3 is 0 Å². The Balaban J connectivity index is 1.61. The number of hydrogen-bond acceptors (Lipinski definition) is 2. The molecule has 2 aromatic carbocycles. The van der Waals surface area contributed by atoms with E-state index in [1.165, 1.54) is 24.0 Å². The lowest BCUT2D eigenvalue weighted by molar-refractivity contribution is 0.104. The van der Waals surface area contributed by atoms with E-state index in [4.69, 9.17) is 0 Å². The van der Waals surface area contributed by atoms with Crippen LogP contribution in [0.5, 0.6) is 0 Å². The molecule has 0 aromatic heterocycles. The highest BCUT2D eigenvalue weighted by molar-refractivity contribution is 6.06. The van der Waals surface area contributed by atoms with Crippen LogP contribution in [0, 0.1) is 0 Å². The lowest BCUT2D eigenvalue weighted by Gasteiger charge is -2.17. The van der Waals surface area contributed by atoms with E-state index in [-0.39, 0.29) is 5.78 Å². The van der Waals surface area contributed by atoms with Crippen molar-refractivity contribution >= 4 is 11.9 Å². The molecule has 0 bridgehead atoms. The first-order chi connectivity index (χ1) is 13.2. The molecule has 3 rings (SSSR count). The van der Waals surface area contributed by atoms with Crippen molar-refractivity contribution in [3.63, 3.8) is 0 Å². The van der Waals surface area contributed by atoms with Gasteiger partial charge in [-0.05, 0) is 35.6 Å². The molecule has 0 saturated carbocycles. The quantitative estimate of drug-likeness (QED) is 0.449. The van der Waals surface area contributed by atoms with Crippen LogP contribution in [-0.4, -0.2) is 17.7 Å². The Morgan fingerprint density at radius 1 is 1.00 bits per heavy atom. The second-order valence-corrected chi connectivity index (χ2v) is 7.04. The van der Waals surface area contributed by atoms with Crippen molar-refractivity contribution in [2.75, 3.05) is 7.05 Å². The number of carbonyl (C=O) groups excluding carboxylic acids is 1. The molecule has 0 amide bonds. The summed E-state index contributed by atoms with van der Waals surface area (Å²) in [7, 11) is 2.02. The number of ketones is 1. The predicted molar refractivity (Wildman–Crippen MR) is 114 cm³/mol. The number of hydrogen-bond donors (Lipinski definition) is 0. The summed E-state index contributed by atoms with van der Waals surface area (Å²) >= 11 is 0. The summed E-state index contributed by atoms with van der Waals surface area (Å²) in [4.78, 5) is 14.4. The molecule has 0 atom stereocenters. The smallest absolute Gasteiger partial charge is 0.185 e. The summed E-state index contributed by atoms with van der Waals surface area (Å²) in [6.45, 7) is 2.19. The second kappa shape index (κ2) is 9.18. The van der Waals surface area contributed by atoms with E-state index in [0.29, 0.717) is 5.92 Å². The van der Waals surface area contributed by atoms with Crippen LogP contribution < -0.4 is 0 Å². The van der Waals surface area contributed by atoms with Crippen LogP contribution in [0.25, 0.3) is 6.08 Å². The molecule has 0 N–H and O–H groups in total. The number of aryl methyl sites for hydroxylation is 1. The largest absolute Gasteiger partial charge is 0.358 e. The molecule has 2 heteroatoms. The van der Waals surface area contributed by atoms with Crippen LogP contribution in [0.3, 0.4) is 0 Å². The van der Waals surface area contributed by atoms with Gasteiger partial charge in [-0.25, -0.2) is 0 Å². The number of carbonyl (C=O) groups is 1. The monoisotopic (exact) mass is 357 g/mol. The first kappa shape index (κ1) is 18.9. The van der Waals surface area contributed by atoms with Gasteiger partial charge in [-0.2, -0.15) is 0 Å². The van der Waals surface area contributed by atoms with Crippen molar-refractivity contribution < 1.29 is 4.79 Å². The molecule has 0 radical (unpaired) electrons. The Labute approximate surface area is 162 Å². The highest BCUT2D eigenvalue weighted by Crippen LogP contribution is 2.23. The summed E-state index contributed by atoms with van der Waals surface area (Å²) in [5.74, 6) is 0.356. The minimum atomic E-state index is 0.0438. The molecule has 0 fully saturated rings. The van der Waals surface area contributed by atoms with E-state index < -0.39 is 0 Å². The van der Waals surface area contributed by atoms with Crippen molar-refractivity contribution in [2.45, 2.75) is 32.1 Å². The van der Waals surface area contributed by atoms with E-state index in [2.05, 4.69) is 67.9 Å². The number of unbranched alkanes of at least 4 members (excludes halogenated alkanes) is 1. The van der Waals surface area contributed by atoms with Crippen LogP contribution in [0.1, 0.15) is 52.7 Å². The predicted octanol–water partition coefficient (Wildman–Crippen LogP) is 5.98.